The van der Waals surface area contributed by atoms with Crippen molar-refractivity contribution in [3.8, 4) is 6.07 Å². The van der Waals surface area contributed by atoms with Crippen molar-refractivity contribution in [2.45, 2.75) is 39.0 Å². The molecule has 0 spiro atoms. The highest BCUT2D eigenvalue weighted by atomic mass is 32.1. The predicted octanol–water partition coefficient (Wildman–Crippen LogP) is 3.00. The Morgan fingerprint density at radius 2 is 1.89 bits per heavy atom. The molecule has 0 radical (unpaired) electrons. The number of carbonyl (C=O) groups excluding carboxylic acids is 2. The smallest absolute Gasteiger partial charge is 0.442 e. The molecule has 0 unspecified atom stereocenters. The number of halogens is 3. The summed E-state index contributed by atoms with van der Waals surface area (Å²) in [4.78, 5) is 25.8. The van der Waals surface area contributed by atoms with Crippen LogP contribution in [0.3, 0.4) is 0 Å². The lowest BCUT2D eigenvalue weighted by Gasteiger charge is -2.35. The zero-order chi connectivity index (χ0) is 21.0. The third-order valence-electron chi connectivity index (χ3n) is 3.68. The van der Waals surface area contributed by atoms with Gasteiger partial charge in [-0.1, -0.05) is 6.92 Å². The van der Waals surface area contributed by atoms with E-state index in [1.165, 1.54) is 21.0 Å². The van der Waals surface area contributed by atoms with Crippen molar-refractivity contribution in [2.75, 3.05) is 26.0 Å². The van der Waals surface area contributed by atoms with Crippen LogP contribution in [-0.4, -0.2) is 49.4 Å². The molecule has 0 saturated heterocycles. The van der Waals surface area contributed by atoms with Crippen LogP contribution in [0.5, 0.6) is 0 Å². The topological polar surface area (TPSA) is 94.5 Å². The normalized spacial score (nSPS) is 13.3. The van der Waals surface area contributed by atoms with Crippen LogP contribution in [0.1, 0.15) is 29.9 Å². The number of urea groups is 1. The number of esters is 1. The summed E-state index contributed by atoms with van der Waals surface area (Å²) >= 11 is 0.898. The number of thiophene rings is 1. The number of nitrogens with zero attached hydrogens (tertiary/aromatic N) is 2. The first-order valence-corrected chi connectivity index (χ1v) is 8.80. The van der Waals surface area contributed by atoms with E-state index in [0.29, 0.717) is 16.9 Å². The van der Waals surface area contributed by atoms with Gasteiger partial charge in [-0.2, -0.15) is 18.4 Å². The van der Waals surface area contributed by atoms with Gasteiger partial charge in [-0.05, 0) is 25.8 Å². The predicted molar refractivity (Wildman–Crippen MR) is 94.4 cm³/mol. The van der Waals surface area contributed by atoms with E-state index >= 15 is 0 Å². The van der Waals surface area contributed by atoms with Crippen molar-refractivity contribution in [2.24, 2.45) is 0 Å². The molecule has 0 aliphatic rings. The summed E-state index contributed by atoms with van der Waals surface area (Å²) in [5.74, 6) is -1.72. The molecule has 1 aromatic heterocycles. The minimum absolute atomic E-state index is 0.00275. The number of ether oxygens (including phenoxy) is 1. The van der Waals surface area contributed by atoms with E-state index in [2.05, 4.69) is 10.1 Å². The molecule has 0 saturated carbocycles. The largest absolute Gasteiger partial charge is 0.463 e. The van der Waals surface area contributed by atoms with Gasteiger partial charge in [0.2, 0.25) is 0 Å². The lowest BCUT2D eigenvalue weighted by atomic mass is 10.1. The van der Waals surface area contributed by atoms with Crippen molar-refractivity contribution in [3.63, 3.8) is 0 Å². The fraction of sp³-hybridized carbons (Fsp3) is 0.562. The Hall–Kier alpha value is -2.48. The van der Waals surface area contributed by atoms with Crippen LogP contribution in [0.15, 0.2) is 0 Å². The van der Waals surface area contributed by atoms with Gasteiger partial charge in [-0.15, -0.1) is 11.3 Å². The zero-order valence-corrected chi connectivity index (χ0v) is 16.4. The van der Waals surface area contributed by atoms with E-state index < -0.39 is 23.8 Å². The first-order chi connectivity index (χ1) is 12.4. The highest BCUT2D eigenvalue weighted by molar-refractivity contribution is 7.16. The van der Waals surface area contributed by atoms with E-state index in [4.69, 9.17) is 0 Å². The number of anilines is 1. The fourth-order valence-corrected chi connectivity index (χ4v) is 3.43. The fourth-order valence-electron chi connectivity index (χ4n) is 2.28. The highest BCUT2D eigenvalue weighted by Gasteiger charge is 2.64. The molecule has 2 N–H and O–H groups in total. The van der Waals surface area contributed by atoms with Gasteiger partial charge in [-0.3, -0.25) is 5.32 Å². The molecule has 11 heteroatoms. The van der Waals surface area contributed by atoms with Gasteiger partial charge in [-0.25, -0.2) is 9.59 Å². The van der Waals surface area contributed by atoms with E-state index in [1.54, 1.807) is 19.2 Å². The summed E-state index contributed by atoms with van der Waals surface area (Å²) in [7, 11) is 2.46. The van der Waals surface area contributed by atoms with Crippen LogP contribution < -0.4 is 10.6 Å². The maximum Gasteiger partial charge on any atom is 0.442 e. The molecule has 7 nitrogen and oxygen atoms in total. The third-order valence-corrected chi connectivity index (χ3v) is 4.75. The quantitative estimate of drug-likeness (QED) is 0.560. The number of aryl methyl sites for hydroxylation is 1. The van der Waals surface area contributed by atoms with Crippen molar-refractivity contribution in [3.05, 3.63) is 16.0 Å². The summed E-state index contributed by atoms with van der Waals surface area (Å²) in [6.45, 7) is 4.44. The Morgan fingerprint density at radius 1 is 1.30 bits per heavy atom. The summed E-state index contributed by atoms with van der Waals surface area (Å²) < 4.78 is 46.6. The lowest BCUT2D eigenvalue weighted by molar-refractivity contribution is -0.204. The van der Waals surface area contributed by atoms with E-state index in [0.717, 1.165) is 16.2 Å². The Bertz CT molecular complexity index is 755. The SMILES string of the molecule is CCOC(=O)[C@](NC(=O)N(C)C)(Nc1sc(C)c(CC)c1C#N)C(F)(F)F. The van der Waals surface area contributed by atoms with Gasteiger partial charge in [0.15, 0.2) is 0 Å². The van der Waals surface area contributed by atoms with Gasteiger partial charge in [0, 0.05) is 19.0 Å². The highest BCUT2D eigenvalue weighted by Crippen LogP contribution is 2.39. The van der Waals surface area contributed by atoms with Crippen molar-refractivity contribution >= 4 is 28.3 Å². The molecule has 1 atom stereocenters. The zero-order valence-electron chi connectivity index (χ0n) is 15.6. The molecule has 1 aromatic rings. The minimum atomic E-state index is -5.25. The summed E-state index contributed by atoms with van der Waals surface area (Å²) in [6.07, 6.45) is -4.82. The number of carbonyl (C=O) groups is 2. The van der Waals surface area contributed by atoms with Crippen molar-refractivity contribution in [1.29, 1.82) is 5.26 Å². The molecule has 150 valence electrons. The summed E-state index contributed by atoms with van der Waals surface area (Å²) in [6, 6.07) is 0.705. The molecule has 27 heavy (non-hydrogen) atoms. The molecule has 0 aliphatic heterocycles. The average Bonchev–Trinajstić information content (AvgIpc) is 2.87. The second-order valence-corrected chi connectivity index (χ2v) is 6.95. The van der Waals surface area contributed by atoms with Crippen LogP contribution in [0.2, 0.25) is 0 Å². The van der Waals surface area contributed by atoms with E-state index in [9.17, 15) is 28.0 Å². The third kappa shape index (κ3) is 4.44. The molecule has 0 aromatic carbocycles. The first-order valence-electron chi connectivity index (χ1n) is 7.99. The van der Waals surface area contributed by atoms with Crippen LogP contribution in [-0.2, 0) is 16.0 Å². The molecule has 0 aliphatic carbocycles. The van der Waals surface area contributed by atoms with Gasteiger partial charge in [0.1, 0.15) is 11.1 Å². The molecule has 2 amide bonds. The molecule has 1 heterocycles. The van der Waals surface area contributed by atoms with Gasteiger partial charge in [0.25, 0.3) is 0 Å². The number of alkyl halides is 3. The van der Waals surface area contributed by atoms with Crippen LogP contribution in [0.4, 0.5) is 23.0 Å². The molecular weight excluding hydrogens is 385 g/mol. The maximum atomic E-state index is 14.0. The average molecular weight is 406 g/mol. The molecule has 1 rings (SSSR count). The number of hydrogen-bond donors (Lipinski definition) is 2. The summed E-state index contributed by atoms with van der Waals surface area (Å²) in [5, 5.41) is 12.9. The van der Waals surface area contributed by atoms with E-state index in [-0.39, 0.29) is 17.2 Å². The maximum absolute atomic E-state index is 14.0. The van der Waals surface area contributed by atoms with Gasteiger partial charge < -0.3 is 15.0 Å². The van der Waals surface area contributed by atoms with Crippen LogP contribution in [0.25, 0.3) is 0 Å². The molecule has 0 bridgehead atoms. The van der Waals surface area contributed by atoms with E-state index in [1.807, 2.05) is 6.07 Å². The number of nitriles is 1. The van der Waals surface area contributed by atoms with Crippen molar-refractivity contribution < 1.29 is 27.5 Å². The molecule has 0 fully saturated rings. The first kappa shape index (κ1) is 22.6. The second-order valence-electron chi connectivity index (χ2n) is 5.72. The number of rotatable bonds is 6. The van der Waals surface area contributed by atoms with Crippen molar-refractivity contribution in [1.82, 2.24) is 10.2 Å². The standard InChI is InChI=1S/C16H21F3N4O3S/c1-6-10-9(3)27-12(11(10)8-20)21-15(16(17,18)19,13(24)26-7-2)22-14(25)23(4)5/h21H,6-7H2,1-5H3,(H,22,25)/t15-/m1/s1. The Balaban J connectivity index is 3.60. The monoisotopic (exact) mass is 406 g/mol. The second kappa shape index (κ2) is 8.47. The van der Waals surface area contributed by atoms with Crippen LogP contribution >= 0.6 is 11.3 Å². The van der Waals surface area contributed by atoms with Crippen LogP contribution in [0, 0.1) is 18.3 Å². The lowest BCUT2D eigenvalue weighted by Crippen LogP contribution is -2.70. The number of nitrogens with one attached hydrogen (secondary N) is 2. The Kier molecular flexibility index (Phi) is 7.08. The number of hydrogen-bond acceptors (Lipinski definition) is 6. The molecular formula is C16H21F3N4O3S. The van der Waals surface area contributed by atoms with Gasteiger partial charge in [0.05, 0.1) is 12.2 Å². The van der Waals surface area contributed by atoms with Gasteiger partial charge >= 0.3 is 23.8 Å². The number of amides is 2. The summed E-state index contributed by atoms with van der Waals surface area (Å²) in [5.41, 5.74) is -2.97. The Morgan fingerprint density at radius 3 is 2.30 bits per heavy atom. The Labute approximate surface area is 159 Å². The minimum Gasteiger partial charge on any atom is -0.463 e.